The van der Waals surface area contributed by atoms with Crippen LogP contribution in [0.5, 0.6) is 0 Å². The molecule has 2 aromatic rings. The van der Waals surface area contributed by atoms with Gasteiger partial charge in [-0.05, 0) is 39.3 Å². The van der Waals surface area contributed by atoms with Gasteiger partial charge in [-0.3, -0.25) is 4.68 Å². The highest BCUT2D eigenvalue weighted by Crippen LogP contribution is 2.29. The van der Waals surface area contributed by atoms with Crippen LogP contribution in [0.1, 0.15) is 39.0 Å². The summed E-state index contributed by atoms with van der Waals surface area (Å²) in [5.74, 6) is 0. The molecule has 10 heteroatoms. The zero-order valence-corrected chi connectivity index (χ0v) is 17.0. The molecule has 160 valence electrons. The Hall–Kier alpha value is -2.59. The van der Waals surface area contributed by atoms with Gasteiger partial charge in [-0.2, -0.15) is 23.8 Å². The fourth-order valence-electron chi connectivity index (χ4n) is 2.75. The highest BCUT2D eigenvalue weighted by atomic mass is 19.4. The fraction of sp³-hybridized carbons (Fsp3) is 0.474. The summed E-state index contributed by atoms with van der Waals surface area (Å²) in [4.78, 5) is 17.5. The summed E-state index contributed by atoms with van der Waals surface area (Å²) < 4.78 is 45.2. The lowest BCUT2D eigenvalue weighted by molar-refractivity contribution is -0.830. The van der Waals surface area contributed by atoms with Crippen molar-refractivity contribution in [2.75, 3.05) is 7.11 Å². The number of nitrogens with one attached hydrogen (secondary N) is 1. The number of aromatic nitrogens is 2. The first-order chi connectivity index (χ1) is 13.3. The van der Waals surface area contributed by atoms with E-state index in [0.717, 1.165) is 16.4 Å². The zero-order chi connectivity index (χ0) is 21.9. The summed E-state index contributed by atoms with van der Waals surface area (Å²) in [7, 11) is 1.51. The van der Waals surface area contributed by atoms with E-state index in [-0.39, 0.29) is 6.54 Å². The number of benzene rings is 1. The molecular formula is C19H26F3N4O3+. The van der Waals surface area contributed by atoms with E-state index in [1.54, 1.807) is 52.0 Å². The molecule has 0 aliphatic heterocycles. The maximum Gasteiger partial charge on any atom is 0.435 e. The van der Waals surface area contributed by atoms with E-state index in [0.29, 0.717) is 5.56 Å². The van der Waals surface area contributed by atoms with Crippen LogP contribution < -0.4 is 10.8 Å². The van der Waals surface area contributed by atoms with Crippen LogP contribution in [-0.2, 0) is 27.8 Å². The number of rotatable bonds is 6. The molecule has 1 amide bonds. The van der Waals surface area contributed by atoms with Crippen molar-refractivity contribution >= 4 is 11.8 Å². The minimum Gasteiger partial charge on any atom is -0.444 e. The molecule has 1 heterocycles. The number of amides is 1. The number of halogens is 3. The number of hydrogen-bond donors (Lipinski definition) is 2. The van der Waals surface area contributed by atoms with Crippen molar-refractivity contribution in [3.05, 3.63) is 47.8 Å². The molecule has 0 fully saturated rings. The average molecular weight is 415 g/mol. The van der Waals surface area contributed by atoms with Crippen molar-refractivity contribution in [2.24, 2.45) is 0 Å². The number of nitrogens with two attached hydrogens (primary N) is 1. The number of carbonyl (C=O) groups excluding carboxylic acids is 1. The summed E-state index contributed by atoms with van der Waals surface area (Å²) >= 11 is 0. The van der Waals surface area contributed by atoms with Gasteiger partial charge in [0.1, 0.15) is 5.60 Å². The maximum atomic E-state index is 12.9. The quantitative estimate of drug-likeness (QED) is 0.561. The van der Waals surface area contributed by atoms with Gasteiger partial charge in [-0.15, -0.1) is 0 Å². The number of nitrogens with zero attached hydrogens (tertiary/aromatic N) is 2. The smallest absolute Gasteiger partial charge is 0.435 e. The Bertz CT molecular complexity index is 846. The third-order valence-electron chi connectivity index (χ3n) is 3.96. The number of alkyl halides is 3. The maximum absolute atomic E-state index is 12.9. The molecule has 2 rings (SSSR count). The Kier molecular flexibility index (Phi) is 6.59. The molecule has 0 saturated heterocycles. The highest BCUT2D eigenvalue weighted by molar-refractivity contribution is 5.69. The molecule has 0 aliphatic rings. The second kappa shape index (κ2) is 8.42. The summed E-state index contributed by atoms with van der Waals surface area (Å²) in [5.41, 5.74) is 0.0729. The van der Waals surface area contributed by atoms with Crippen LogP contribution in [-0.4, -0.2) is 28.6 Å². The van der Waals surface area contributed by atoms with Gasteiger partial charge in [0.05, 0.1) is 19.2 Å². The van der Waals surface area contributed by atoms with Gasteiger partial charge >= 0.3 is 12.3 Å². The van der Waals surface area contributed by atoms with E-state index in [2.05, 4.69) is 10.4 Å². The first kappa shape index (κ1) is 22.7. The summed E-state index contributed by atoms with van der Waals surface area (Å²) in [6, 6.07) is 7.99. The molecular weight excluding hydrogens is 389 g/mol. The lowest BCUT2D eigenvalue weighted by Crippen LogP contribution is -2.76. The minimum atomic E-state index is -4.55. The molecule has 29 heavy (non-hydrogen) atoms. The van der Waals surface area contributed by atoms with Crippen LogP contribution >= 0.6 is 0 Å². The number of alkyl carbamates (subject to hydrolysis) is 1. The van der Waals surface area contributed by atoms with Gasteiger partial charge in [0.15, 0.2) is 11.4 Å². The van der Waals surface area contributed by atoms with Crippen molar-refractivity contribution in [2.45, 2.75) is 51.6 Å². The number of quaternary nitrogens is 1. The monoisotopic (exact) mass is 415 g/mol. The molecule has 3 N–H and O–H groups in total. The van der Waals surface area contributed by atoms with E-state index in [4.69, 9.17) is 9.57 Å². The molecule has 7 nitrogen and oxygen atoms in total. The predicted octanol–water partition coefficient (Wildman–Crippen LogP) is 3.10. The first-order valence-electron chi connectivity index (χ1n) is 8.91. The van der Waals surface area contributed by atoms with E-state index in [9.17, 15) is 18.0 Å². The molecule has 1 aromatic heterocycles. The normalized spacial score (nSPS) is 14.3. The Balaban J connectivity index is 2.38. The number of hydrogen-bond acceptors (Lipinski definition) is 4. The Morgan fingerprint density at radius 2 is 1.90 bits per heavy atom. The molecule has 1 atom stereocenters. The van der Waals surface area contributed by atoms with E-state index in [1.807, 2.05) is 0 Å². The molecule has 0 radical (unpaired) electrons. The van der Waals surface area contributed by atoms with Crippen LogP contribution in [0.15, 0.2) is 36.5 Å². The molecule has 0 aliphatic carbocycles. The lowest BCUT2D eigenvalue weighted by Gasteiger charge is -2.32. The van der Waals surface area contributed by atoms with Gasteiger partial charge in [0.25, 0.3) is 0 Å². The predicted molar refractivity (Wildman–Crippen MR) is 99.0 cm³/mol. The second-order valence-electron chi connectivity index (χ2n) is 7.83. The highest BCUT2D eigenvalue weighted by Gasteiger charge is 2.36. The zero-order valence-electron chi connectivity index (χ0n) is 17.0. The van der Waals surface area contributed by atoms with Gasteiger partial charge in [0.2, 0.25) is 0 Å². The van der Waals surface area contributed by atoms with E-state index >= 15 is 0 Å². The van der Waals surface area contributed by atoms with Crippen molar-refractivity contribution in [3.8, 4) is 0 Å². The van der Waals surface area contributed by atoms with E-state index < -0.39 is 29.1 Å². The largest absolute Gasteiger partial charge is 0.444 e. The van der Waals surface area contributed by atoms with Gasteiger partial charge in [-0.1, -0.05) is 12.1 Å². The van der Waals surface area contributed by atoms with Crippen LogP contribution in [0.4, 0.5) is 23.7 Å². The Morgan fingerprint density at radius 1 is 1.21 bits per heavy atom. The topological polar surface area (TPSA) is 82.0 Å². The summed E-state index contributed by atoms with van der Waals surface area (Å²) in [5, 5.41) is 6.37. The second-order valence-corrected chi connectivity index (χ2v) is 7.83. The third kappa shape index (κ3) is 6.47. The van der Waals surface area contributed by atoms with Crippen molar-refractivity contribution in [1.82, 2.24) is 15.1 Å². The van der Waals surface area contributed by atoms with Gasteiger partial charge in [-0.25, -0.2) is 9.63 Å². The van der Waals surface area contributed by atoms with Crippen LogP contribution in [0.3, 0.4) is 0 Å². The third-order valence-corrected chi connectivity index (χ3v) is 3.96. The minimum absolute atomic E-state index is 0.0429. The van der Waals surface area contributed by atoms with Gasteiger partial charge < -0.3 is 10.1 Å². The molecule has 0 spiro atoms. The fourth-order valence-corrected chi connectivity index (χ4v) is 2.75. The number of carbonyl (C=O) groups is 1. The average Bonchev–Trinajstić information content (AvgIpc) is 3.02. The molecule has 1 unspecified atom stereocenters. The summed E-state index contributed by atoms with van der Waals surface area (Å²) in [6.45, 7) is 6.82. The first-order valence-corrected chi connectivity index (χ1v) is 8.91. The Morgan fingerprint density at radius 3 is 2.45 bits per heavy atom. The van der Waals surface area contributed by atoms with Crippen molar-refractivity contribution in [3.63, 3.8) is 0 Å². The summed E-state index contributed by atoms with van der Waals surface area (Å²) in [6.07, 6.45) is -4.01. The van der Waals surface area contributed by atoms with Crippen LogP contribution in [0.2, 0.25) is 0 Å². The molecule has 0 saturated carbocycles. The van der Waals surface area contributed by atoms with Crippen molar-refractivity contribution in [1.29, 1.82) is 0 Å². The molecule has 1 aromatic carbocycles. The lowest BCUT2D eigenvalue weighted by atomic mass is 9.91. The van der Waals surface area contributed by atoms with Crippen LogP contribution in [0.25, 0.3) is 0 Å². The Labute approximate surface area is 167 Å². The standard InChI is InChI=1S/C19H25F3N4O3/c1-17(2,3)29-16(27)23-18(4,13-7-6-8-14(11-13)25-28-5)12-26-10-9-15(24-26)19(20,21)22/h6-11,25H,12H2,1-5H3,(H,23,27)/p+1. The van der Waals surface area contributed by atoms with Crippen LogP contribution in [0, 0.1) is 0 Å². The van der Waals surface area contributed by atoms with E-state index in [1.165, 1.54) is 18.8 Å². The number of ether oxygens (including phenoxy) is 1. The molecule has 0 bridgehead atoms. The van der Waals surface area contributed by atoms with Crippen molar-refractivity contribution < 1.29 is 33.0 Å². The SMILES string of the molecule is CO[NH2+]c1cccc(C(C)(Cn2ccc(C(F)(F)F)n2)NC(=O)OC(C)(C)C)c1. The van der Waals surface area contributed by atoms with Gasteiger partial charge in [0, 0.05) is 18.3 Å².